The van der Waals surface area contributed by atoms with Crippen molar-refractivity contribution >= 4 is 41.5 Å². The number of carbonyl (C=O) groups excluding carboxylic acids is 2. The summed E-state index contributed by atoms with van der Waals surface area (Å²) in [5, 5.41) is 15.6. The summed E-state index contributed by atoms with van der Waals surface area (Å²) in [5.74, 6) is -0.801. The van der Waals surface area contributed by atoms with E-state index in [1.165, 1.54) is 19.9 Å². The monoisotopic (exact) mass is 269 g/mol. The van der Waals surface area contributed by atoms with E-state index in [0.717, 1.165) is 6.07 Å². The molecule has 18 heavy (non-hydrogen) atoms. The van der Waals surface area contributed by atoms with Gasteiger partial charge in [0.1, 0.15) is 5.69 Å². The lowest BCUT2D eigenvalue weighted by Gasteiger charge is -2.09. The van der Waals surface area contributed by atoms with Crippen LogP contribution in [-0.2, 0) is 9.59 Å². The number of hydrogen-bond acceptors (Lipinski definition) is 5. The second-order valence-electron chi connectivity index (χ2n) is 3.51. The average molecular weight is 269 g/mol. The standard InChI is InChI=1S/C10H11N3O4S/c1-5(14)11-7-4-10(18)8(12-6(2)15)3-9(7)13(16)17/h3-4,18H,1-2H3,(H,11,14)(H,12,15). The van der Waals surface area contributed by atoms with Crippen LogP contribution in [0.25, 0.3) is 0 Å². The Bertz CT molecular complexity index is 530. The van der Waals surface area contributed by atoms with Gasteiger partial charge in [0.2, 0.25) is 11.8 Å². The summed E-state index contributed by atoms with van der Waals surface area (Å²) in [5.41, 5.74) is -0.0648. The Morgan fingerprint density at radius 2 is 1.67 bits per heavy atom. The summed E-state index contributed by atoms with van der Waals surface area (Å²) < 4.78 is 0. The zero-order chi connectivity index (χ0) is 13.9. The minimum Gasteiger partial charge on any atom is -0.325 e. The van der Waals surface area contributed by atoms with Crippen LogP contribution in [0.1, 0.15) is 13.8 Å². The summed E-state index contributed by atoms with van der Waals surface area (Å²) in [6.07, 6.45) is 0. The number of nitro benzene ring substituents is 1. The number of carbonyl (C=O) groups is 2. The van der Waals surface area contributed by atoms with Gasteiger partial charge in [0.15, 0.2) is 0 Å². The maximum Gasteiger partial charge on any atom is 0.294 e. The van der Waals surface area contributed by atoms with Crippen molar-refractivity contribution in [3.8, 4) is 0 Å². The highest BCUT2D eigenvalue weighted by atomic mass is 32.1. The van der Waals surface area contributed by atoms with Crippen LogP contribution < -0.4 is 10.6 Å². The Morgan fingerprint density at radius 3 is 2.11 bits per heavy atom. The van der Waals surface area contributed by atoms with E-state index in [0.29, 0.717) is 4.90 Å². The smallest absolute Gasteiger partial charge is 0.294 e. The number of hydrogen-bond donors (Lipinski definition) is 3. The van der Waals surface area contributed by atoms with Crippen molar-refractivity contribution < 1.29 is 14.5 Å². The van der Waals surface area contributed by atoms with E-state index in [-0.39, 0.29) is 23.0 Å². The van der Waals surface area contributed by atoms with E-state index >= 15 is 0 Å². The predicted octanol–water partition coefficient (Wildman–Crippen LogP) is 1.80. The van der Waals surface area contributed by atoms with Crippen LogP contribution in [0.2, 0.25) is 0 Å². The van der Waals surface area contributed by atoms with E-state index < -0.39 is 10.8 Å². The van der Waals surface area contributed by atoms with Crippen molar-refractivity contribution in [1.29, 1.82) is 0 Å². The SMILES string of the molecule is CC(=O)Nc1cc([N+](=O)[O-])c(NC(C)=O)cc1S. The van der Waals surface area contributed by atoms with Gasteiger partial charge in [0, 0.05) is 24.8 Å². The quantitative estimate of drug-likeness (QED) is 0.442. The molecule has 0 fully saturated rings. The molecule has 1 aromatic carbocycles. The maximum atomic E-state index is 10.9. The van der Waals surface area contributed by atoms with Gasteiger partial charge < -0.3 is 10.6 Å². The van der Waals surface area contributed by atoms with Gasteiger partial charge in [-0.1, -0.05) is 0 Å². The molecule has 0 aliphatic carbocycles. The fourth-order valence-electron chi connectivity index (χ4n) is 1.31. The Labute approximate surface area is 108 Å². The Morgan fingerprint density at radius 1 is 1.17 bits per heavy atom. The molecule has 0 heterocycles. The number of nitrogens with one attached hydrogen (secondary N) is 2. The lowest BCUT2D eigenvalue weighted by molar-refractivity contribution is -0.383. The molecule has 96 valence electrons. The first-order valence-corrected chi connectivity index (χ1v) is 5.32. The molecule has 0 saturated heterocycles. The first kappa shape index (κ1) is 14.0. The third-order valence-electron chi connectivity index (χ3n) is 1.93. The molecule has 2 N–H and O–H groups in total. The van der Waals surface area contributed by atoms with Gasteiger partial charge in [-0.15, -0.1) is 12.6 Å². The third-order valence-corrected chi connectivity index (χ3v) is 2.30. The summed E-state index contributed by atoms with van der Waals surface area (Å²) >= 11 is 4.09. The molecule has 1 aromatic rings. The summed E-state index contributed by atoms with van der Waals surface area (Å²) in [6, 6.07) is 2.46. The van der Waals surface area contributed by atoms with Crippen LogP contribution in [0.4, 0.5) is 17.1 Å². The third kappa shape index (κ3) is 3.45. The number of anilines is 2. The highest BCUT2D eigenvalue weighted by Gasteiger charge is 2.18. The van der Waals surface area contributed by atoms with Crippen LogP contribution in [0, 0.1) is 10.1 Å². The molecule has 0 bridgehead atoms. The molecular weight excluding hydrogens is 258 g/mol. The lowest BCUT2D eigenvalue weighted by atomic mass is 10.2. The average Bonchev–Trinajstić information content (AvgIpc) is 2.19. The second kappa shape index (κ2) is 5.50. The molecule has 0 aliphatic heterocycles. The van der Waals surface area contributed by atoms with E-state index in [2.05, 4.69) is 23.3 Å². The van der Waals surface area contributed by atoms with Gasteiger partial charge in [-0.25, -0.2) is 0 Å². The highest BCUT2D eigenvalue weighted by Crippen LogP contribution is 2.33. The molecular formula is C10H11N3O4S. The fourth-order valence-corrected chi connectivity index (χ4v) is 1.56. The summed E-state index contributed by atoms with van der Waals surface area (Å²) in [6.45, 7) is 2.52. The number of nitro groups is 1. The largest absolute Gasteiger partial charge is 0.325 e. The highest BCUT2D eigenvalue weighted by molar-refractivity contribution is 7.80. The van der Waals surface area contributed by atoms with Crippen molar-refractivity contribution in [2.45, 2.75) is 18.7 Å². The zero-order valence-corrected chi connectivity index (χ0v) is 10.6. The van der Waals surface area contributed by atoms with E-state index in [9.17, 15) is 19.7 Å². The Hall–Kier alpha value is -2.09. The zero-order valence-electron chi connectivity index (χ0n) is 9.68. The molecule has 0 saturated carbocycles. The van der Waals surface area contributed by atoms with Gasteiger partial charge in [-0.3, -0.25) is 19.7 Å². The molecule has 8 heteroatoms. The van der Waals surface area contributed by atoms with Gasteiger partial charge in [0.25, 0.3) is 5.69 Å². The maximum absolute atomic E-state index is 10.9. The summed E-state index contributed by atoms with van der Waals surface area (Å²) in [4.78, 5) is 32.4. The molecule has 0 unspecified atom stereocenters. The van der Waals surface area contributed by atoms with Crippen molar-refractivity contribution in [1.82, 2.24) is 0 Å². The second-order valence-corrected chi connectivity index (χ2v) is 3.99. The number of nitrogens with zero attached hydrogens (tertiary/aromatic N) is 1. The van der Waals surface area contributed by atoms with E-state index in [1.54, 1.807) is 0 Å². The topological polar surface area (TPSA) is 101 Å². The molecule has 0 spiro atoms. The molecule has 1 rings (SSSR count). The number of amides is 2. The molecule has 0 atom stereocenters. The lowest BCUT2D eigenvalue weighted by Crippen LogP contribution is -2.10. The van der Waals surface area contributed by atoms with Crippen molar-refractivity contribution in [2.75, 3.05) is 10.6 Å². The minimum absolute atomic E-state index is 0.0339. The first-order chi connectivity index (χ1) is 8.31. The molecule has 0 aromatic heterocycles. The van der Waals surface area contributed by atoms with Crippen LogP contribution in [0.15, 0.2) is 17.0 Å². The normalized spacial score (nSPS) is 9.72. The van der Waals surface area contributed by atoms with E-state index in [1.807, 2.05) is 0 Å². The molecule has 0 aliphatic rings. The van der Waals surface area contributed by atoms with Crippen LogP contribution in [-0.4, -0.2) is 16.7 Å². The van der Waals surface area contributed by atoms with Crippen molar-refractivity contribution in [2.24, 2.45) is 0 Å². The fraction of sp³-hybridized carbons (Fsp3) is 0.200. The predicted molar refractivity (Wildman–Crippen MR) is 69.0 cm³/mol. The first-order valence-electron chi connectivity index (χ1n) is 4.88. The van der Waals surface area contributed by atoms with E-state index in [4.69, 9.17) is 0 Å². The van der Waals surface area contributed by atoms with Crippen LogP contribution >= 0.6 is 12.6 Å². The van der Waals surface area contributed by atoms with Crippen molar-refractivity contribution in [3.63, 3.8) is 0 Å². The van der Waals surface area contributed by atoms with Crippen molar-refractivity contribution in [3.05, 3.63) is 22.2 Å². The van der Waals surface area contributed by atoms with Gasteiger partial charge >= 0.3 is 0 Å². The van der Waals surface area contributed by atoms with Crippen LogP contribution in [0.5, 0.6) is 0 Å². The van der Waals surface area contributed by atoms with Gasteiger partial charge in [0.05, 0.1) is 10.6 Å². The molecule has 0 radical (unpaired) electrons. The van der Waals surface area contributed by atoms with Gasteiger partial charge in [-0.2, -0.15) is 0 Å². The van der Waals surface area contributed by atoms with Gasteiger partial charge in [-0.05, 0) is 6.07 Å². The number of rotatable bonds is 3. The molecule has 7 nitrogen and oxygen atoms in total. The number of benzene rings is 1. The number of thiol groups is 1. The Kier molecular flexibility index (Phi) is 4.27. The van der Waals surface area contributed by atoms with Crippen LogP contribution in [0.3, 0.4) is 0 Å². The molecule has 2 amide bonds. The minimum atomic E-state index is -0.649. The Balaban J connectivity index is 3.29. The summed E-state index contributed by atoms with van der Waals surface area (Å²) in [7, 11) is 0.